The summed E-state index contributed by atoms with van der Waals surface area (Å²) in [7, 11) is 0. The molecule has 3 rings (SSSR count). The zero-order chi connectivity index (χ0) is 12.5. The Hall–Kier alpha value is -2.01. The first-order chi connectivity index (χ1) is 8.75. The normalized spacial score (nSPS) is 29.8. The number of carbonyl (C=O) groups is 1. The van der Waals surface area contributed by atoms with Crippen LogP contribution < -0.4 is 5.32 Å². The average molecular weight is 243 g/mol. The largest absolute Gasteiger partial charge is 0.480 e. The minimum absolute atomic E-state index is 0.0667. The molecule has 2 N–H and O–H groups in total. The molecule has 2 aliphatic rings. The van der Waals surface area contributed by atoms with Crippen molar-refractivity contribution in [3.05, 3.63) is 35.9 Å². The van der Waals surface area contributed by atoms with Gasteiger partial charge in [-0.15, -0.1) is 0 Å². The molecule has 0 amide bonds. The van der Waals surface area contributed by atoms with Gasteiger partial charge in [0.25, 0.3) is 0 Å². The molecular weight excluding hydrogens is 230 g/mol. The summed E-state index contributed by atoms with van der Waals surface area (Å²) in [5.41, 5.74) is 1.90. The number of aliphatic imine (C=N–C) groups is 2. The van der Waals surface area contributed by atoms with E-state index in [1.165, 1.54) is 6.34 Å². The molecule has 5 heteroatoms. The van der Waals surface area contributed by atoms with Crippen molar-refractivity contribution in [1.82, 2.24) is 5.32 Å². The molecular formula is C13H13N3O2. The van der Waals surface area contributed by atoms with E-state index in [1.54, 1.807) is 0 Å². The zero-order valence-electron chi connectivity index (χ0n) is 9.65. The van der Waals surface area contributed by atoms with Gasteiger partial charge in [-0.3, -0.25) is 15.1 Å². The molecule has 1 fully saturated rings. The second kappa shape index (κ2) is 4.34. The average Bonchev–Trinajstić information content (AvgIpc) is 2.86. The minimum atomic E-state index is -0.844. The van der Waals surface area contributed by atoms with Crippen LogP contribution in [0.25, 0.3) is 0 Å². The number of aliphatic carboxylic acids is 1. The Morgan fingerprint density at radius 1 is 1.33 bits per heavy atom. The molecule has 0 bridgehead atoms. The van der Waals surface area contributed by atoms with Gasteiger partial charge in [0.2, 0.25) is 0 Å². The van der Waals surface area contributed by atoms with Crippen LogP contribution in [0.1, 0.15) is 18.0 Å². The van der Waals surface area contributed by atoms with E-state index in [9.17, 15) is 4.79 Å². The Kier molecular flexibility index (Phi) is 2.68. The van der Waals surface area contributed by atoms with Crippen molar-refractivity contribution in [3.63, 3.8) is 0 Å². The van der Waals surface area contributed by atoms with E-state index >= 15 is 0 Å². The molecule has 1 aromatic carbocycles. The summed E-state index contributed by atoms with van der Waals surface area (Å²) in [6.45, 7) is 0. The highest BCUT2D eigenvalue weighted by Crippen LogP contribution is 2.28. The van der Waals surface area contributed by atoms with E-state index < -0.39 is 12.0 Å². The smallest absolute Gasteiger partial charge is 0.321 e. The number of fused-ring (bicyclic) bond motifs is 1. The topological polar surface area (TPSA) is 74.0 Å². The summed E-state index contributed by atoms with van der Waals surface area (Å²) < 4.78 is 0. The maximum Gasteiger partial charge on any atom is 0.321 e. The molecule has 0 spiro atoms. The molecule has 0 radical (unpaired) electrons. The van der Waals surface area contributed by atoms with Crippen molar-refractivity contribution in [2.45, 2.75) is 24.5 Å². The summed E-state index contributed by atoms with van der Waals surface area (Å²) in [5.74, 6) is -0.844. The number of benzene rings is 1. The van der Waals surface area contributed by atoms with Crippen LogP contribution >= 0.6 is 0 Å². The van der Waals surface area contributed by atoms with Gasteiger partial charge in [-0.1, -0.05) is 30.3 Å². The first-order valence-electron chi connectivity index (χ1n) is 5.88. The lowest BCUT2D eigenvalue weighted by Gasteiger charge is -2.33. The minimum Gasteiger partial charge on any atom is -0.480 e. The van der Waals surface area contributed by atoms with E-state index in [0.29, 0.717) is 6.42 Å². The molecule has 2 heterocycles. The van der Waals surface area contributed by atoms with Gasteiger partial charge < -0.3 is 5.11 Å². The monoisotopic (exact) mass is 243 g/mol. The lowest BCUT2D eigenvalue weighted by molar-refractivity contribution is -0.139. The van der Waals surface area contributed by atoms with Crippen LogP contribution in [0.4, 0.5) is 0 Å². The van der Waals surface area contributed by atoms with Crippen molar-refractivity contribution < 1.29 is 9.90 Å². The van der Waals surface area contributed by atoms with Gasteiger partial charge in [0.15, 0.2) is 0 Å². The Morgan fingerprint density at radius 2 is 2.11 bits per heavy atom. The highest BCUT2D eigenvalue weighted by molar-refractivity contribution is 6.02. The van der Waals surface area contributed by atoms with E-state index in [1.807, 2.05) is 30.3 Å². The second-order valence-corrected chi connectivity index (χ2v) is 4.48. The predicted molar refractivity (Wildman–Crippen MR) is 68.1 cm³/mol. The third-order valence-electron chi connectivity index (χ3n) is 3.36. The number of rotatable bonds is 2. The van der Waals surface area contributed by atoms with E-state index in [4.69, 9.17) is 5.11 Å². The fourth-order valence-corrected chi connectivity index (χ4v) is 2.47. The molecule has 0 aromatic heterocycles. The number of hydrogen-bond acceptors (Lipinski definition) is 4. The van der Waals surface area contributed by atoms with Crippen molar-refractivity contribution >= 4 is 18.0 Å². The maximum absolute atomic E-state index is 11.2. The Bertz CT molecular complexity index is 524. The molecule has 0 unspecified atom stereocenters. The zero-order valence-corrected chi connectivity index (χ0v) is 9.65. The van der Waals surface area contributed by atoms with Gasteiger partial charge in [-0.05, 0) is 5.56 Å². The fourth-order valence-electron chi connectivity index (χ4n) is 2.47. The first-order valence-corrected chi connectivity index (χ1v) is 5.88. The van der Waals surface area contributed by atoms with E-state index in [-0.39, 0.29) is 12.1 Å². The molecule has 92 valence electrons. The Labute approximate surface area is 104 Å². The van der Waals surface area contributed by atoms with Gasteiger partial charge in [-0.25, -0.2) is 4.99 Å². The molecule has 3 atom stereocenters. The van der Waals surface area contributed by atoms with Crippen molar-refractivity contribution in [2.24, 2.45) is 9.98 Å². The van der Waals surface area contributed by atoms with Crippen LogP contribution in [0.3, 0.4) is 0 Å². The van der Waals surface area contributed by atoms with Crippen molar-refractivity contribution in [1.29, 1.82) is 0 Å². The molecule has 18 heavy (non-hydrogen) atoms. The highest BCUT2D eigenvalue weighted by Gasteiger charge is 2.39. The van der Waals surface area contributed by atoms with Crippen LogP contribution in [0.5, 0.6) is 0 Å². The third-order valence-corrected chi connectivity index (χ3v) is 3.36. The summed E-state index contributed by atoms with van der Waals surface area (Å²) in [6, 6.07) is 9.01. The third kappa shape index (κ3) is 1.82. The predicted octanol–water partition coefficient (Wildman–Crippen LogP) is 1.03. The van der Waals surface area contributed by atoms with Gasteiger partial charge in [0.05, 0.1) is 6.04 Å². The first kappa shape index (κ1) is 11.1. The number of nitrogens with one attached hydrogen (secondary N) is 1. The molecule has 0 saturated carbocycles. The SMILES string of the molecule is O=C(O)[C@@H]1CC2=NC=N[C@H]2[C@H](c2ccccc2)N1. The van der Waals surface area contributed by atoms with Crippen LogP contribution in [0, 0.1) is 0 Å². The number of carboxylic acids is 1. The number of nitrogens with zero attached hydrogens (tertiary/aromatic N) is 2. The lowest BCUT2D eigenvalue weighted by atomic mass is 9.88. The molecule has 5 nitrogen and oxygen atoms in total. The summed E-state index contributed by atoms with van der Waals surface area (Å²) in [4.78, 5) is 19.7. The lowest BCUT2D eigenvalue weighted by Crippen LogP contribution is -2.51. The van der Waals surface area contributed by atoms with Crippen molar-refractivity contribution in [2.75, 3.05) is 0 Å². The summed E-state index contributed by atoms with van der Waals surface area (Å²) in [5, 5.41) is 12.3. The summed E-state index contributed by atoms with van der Waals surface area (Å²) in [6.07, 6.45) is 1.95. The van der Waals surface area contributed by atoms with Gasteiger partial charge in [-0.2, -0.15) is 0 Å². The number of carboxylic acid groups (broad SMARTS) is 1. The van der Waals surface area contributed by atoms with E-state index in [0.717, 1.165) is 11.3 Å². The van der Waals surface area contributed by atoms with Crippen LogP contribution in [0.15, 0.2) is 40.3 Å². The van der Waals surface area contributed by atoms with Crippen LogP contribution in [-0.4, -0.2) is 35.2 Å². The molecule has 1 saturated heterocycles. The molecule has 1 aromatic rings. The molecule has 2 aliphatic heterocycles. The Morgan fingerprint density at radius 3 is 2.83 bits per heavy atom. The second-order valence-electron chi connectivity index (χ2n) is 4.48. The number of hydrogen-bond donors (Lipinski definition) is 2. The summed E-state index contributed by atoms with van der Waals surface area (Å²) >= 11 is 0. The van der Waals surface area contributed by atoms with Crippen molar-refractivity contribution in [3.8, 4) is 0 Å². The maximum atomic E-state index is 11.2. The fraction of sp³-hybridized carbons (Fsp3) is 0.308. The van der Waals surface area contributed by atoms with Crippen LogP contribution in [0.2, 0.25) is 0 Å². The van der Waals surface area contributed by atoms with Gasteiger partial charge in [0, 0.05) is 12.1 Å². The quantitative estimate of drug-likeness (QED) is 0.814. The van der Waals surface area contributed by atoms with E-state index in [2.05, 4.69) is 15.3 Å². The van der Waals surface area contributed by atoms with Crippen LogP contribution in [-0.2, 0) is 4.79 Å². The number of piperidine rings is 1. The molecule has 0 aliphatic carbocycles. The van der Waals surface area contributed by atoms with Gasteiger partial charge in [0.1, 0.15) is 18.4 Å². The Balaban J connectivity index is 1.94. The highest BCUT2D eigenvalue weighted by atomic mass is 16.4. The van der Waals surface area contributed by atoms with Gasteiger partial charge >= 0.3 is 5.97 Å². The standard InChI is InChI=1S/C13H13N3O2/c17-13(18)10-6-9-12(15-7-14-9)11(16-10)8-4-2-1-3-5-8/h1-5,7,10-12,16H,6H2,(H,17,18)/t10-,11-,12+/m0/s1.